The van der Waals surface area contributed by atoms with E-state index in [0.717, 1.165) is 24.8 Å². The first-order chi connectivity index (χ1) is 26.9. The van der Waals surface area contributed by atoms with Gasteiger partial charge < -0.3 is 20.1 Å². The molecule has 3 atom stereocenters. The van der Waals surface area contributed by atoms with Crippen molar-refractivity contribution in [2.75, 3.05) is 22.2 Å². The van der Waals surface area contributed by atoms with Crippen molar-refractivity contribution in [3.63, 3.8) is 0 Å². The fourth-order valence-electron chi connectivity index (χ4n) is 6.29. The van der Waals surface area contributed by atoms with Crippen LogP contribution in [0.1, 0.15) is 88.8 Å². The number of anilines is 3. The molecule has 0 radical (unpaired) electrons. The predicted molar refractivity (Wildman–Crippen MR) is 222 cm³/mol. The van der Waals surface area contributed by atoms with Gasteiger partial charge in [0.2, 0.25) is 17.9 Å². The normalized spacial score (nSPS) is 14.9. The zero-order valence-electron chi connectivity index (χ0n) is 32.7. The number of hydrazone groups is 1. The molecule has 11 heteroatoms. The Morgan fingerprint density at radius 2 is 1.62 bits per heavy atom. The predicted octanol–water partition coefficient (Wildman–Crippen LogP) is 9.70. The number of amides is 3. The van der Waals surface area contributed by atoms with Crippen LogP contribution < -0.4 is 20.4 Å². The van der Waals surface area contributed by atoms with Gasteiger partial charge in [0.1, 0.15) is 11.5 Å². The summed E-state index contributed by atoms with van der Waals surface area (Å²) in [4.78, 5) is 52.6. The molecule has 3 unspecified atom stereocenters. The van der Waals surface area contributed by atoms with Crippen molar-refractivity contribution in [1.82, 2.24) is 0 Å². The summed E-state index contributed by atoms with van der Waals surface area (Å²) in [5, 5.41) is 12.1. The number of nitrogens with one attached hydrogen (secondary N) is 2. The first kappa shape index (κ1) is 41.7. The number of esters is 1. The summed E-state index contributed by atoms with van der Waals surface area (Å²) in [5.41, 5.74) is 4.37. The van der Waals surface area contributed by atoms with E-state index >= 15 is 0 Å². The van der Waals surface area contributed by atoms with Gasteiger partial charge in [0.25, 0.3) is 5.91 Å². The average molecular weight is 779 g/mol. The first-order valence-electron chi connectivity index (χ1n) is 19.3. The molecule has 0 bridgehead atoms. The van der Waals surface area contributed by atoms with E-state index in [2.05, 4.69) is 29.7 Å². The van der Waals surface area contributed by atoms with Crippen molar-refractivity contribution in [1.29, 1.82) is 0 Å². The van der Waals surface area contributed by atoms with Gasteiger partial charge in [0.05, 0.1) is 23.9 Å². The number of hydrogen-bond acceptors (Lipinski definition) is 7. The summed E-state index contributed by atoms with van der Waals surface area (Å²) in [6.45, 7) is 9.94. The van der Waals surface area contributed by atoms with E-state index in [1.807, 2.05) is 44.2 Å². The number of ether oxygens (including phenoxy) is 2. The van der Waals surface area contributed by atoms with E-state index in [1.54, 1.807) is 68.4 Å². The molecule has 10 nitrogen and oxygen atoms in total. The second-order valence-electron chi connectivity index (χ2n) is 14.5. The van der Waals surface area contributed by atoms with Crippen LogP contribution in [0.15, 0.2) is 102 Å². The molecule has 56 heavy (non-hydrogen) atoms. The Labute approximate surface area is 334 Å². The van der Waals surface area contributed by atoms with E-state index < -0.39 is 12.0 Å². The van der Waals surface area contributed by atoms with Crippen LogP contribution in [0.5, 0.6) is 5.75 Å². The molecule has 4 aromatic rings. The average Bonchev–Trinajstić information content (AvgIpc) is 3.50. The number of nitrogens with zero attached hydrogens (tertiary/aromatic N) is 2. The van der Waals surface area contributed by atoms with Crippen LogP contribution in [-0.4, -0.2) is 42.1 Å². The SMILES string of the molecule is CCC(CCC(C)c1ccccc1)C(=O)OCCCCC(=O)Nc1cccc(C2=NN(c3ccc(Cl)cc3NC(=O)C(C)C)C(=O)C2Oc2ccc(C)cc2)c1. The van der Waals surface area contributed by atoms with Crippen molar-refractivity contribution in [2.24, 2.45) is 16.9 Å². The summed E-state index contributed by atoms with van der Waals surface area (Å²) in [7, 11) is 0. The van der Waals surface area contributed by atoms with Gasteiger partial charge in [-0.25, -0.2) is 0 Å². The molecule has 0 saturated carbocycles. The zero-order chi connectivity index (χ0) is 40.2. The second-order valence-corrected chi connectivity index (χ2v) is 14.9. The molecule has 294 valence electrons. The van der Waals surface area contributed by atoms with E-state index in [9.17, 15) is 19.2 Å². The van der Waals surface area contributed by atoms with Gasteiger partial charge in [0, 0.05) is 28.6 Å². The molecule has 1 aliphatic rings. The van der Waals surface area contributed by atoms with Crippen molar-refractivity contribution in [2.45, 2.75) is 85.2 Å². The second kappa shape index (κ2) is 19.9. The minimum absolute atomic E-state index is 0.149. The van der Waals surface area contributed by atoms with E-state index in [4.69, 9.17) is 26.2 Å². The number of carbonyl (C=O) groups is 4. The lowest BCUT2D eigenvalue weighted by atomic mass is 9.91. The standard InChI is InChI=1S/C45H51ClN4O6/c1-6-32(21-20-31(5)33-13-8-7-9-14-33)45(54)55-26-11-10-17-40(51)47-36-16-12-15-34(27-36)41-42(56-37-23-18-30(4)19-24-37)44(53)50(49-41)39-25-22-35(46)28-38(39)48-43(52)29(2)3/h7-9,12-16,18-19,22-25,27-29,31-32,42H,6,10-11,17,20-21,26H2,1-5H3,(H,47,51)(H,48,52). The van der Waals surface area contributed by atoms with Crippen molar-refractivity contribution in [3.8, 4) is 5.75 Å². The third-order valence-corrected chi connectivity index (χ3v) is 10.00. The highest BCUT2D eigenvalue weighted by molar-refractivity contribution is 6.31. The van der Waals surface area contributed by atoms with Gasteiger partial charge in [0.15, 0.2) is 0 Å². The van der Waals surface area contributed by atoms with Gasteiger partial charge in [-0.15, -0.1) is 0 Å². The van der Waals surface area contributed by atoms with Crippen LogP contribution in [-0.2, 0) is 23.9 Å². The largest absolute Gasteiger partial charge is 0.474 e. The Bertz CT molecular complexity index is 2020. The van der Waals surface area contributed by atoms with E-state index in [0.29, 0.717) is 57.9 Å². The molecule has 5 rings (SSSR count). The molecule has 4 aromatic carbocycles. The molecule has 1 aliphatic heterocycles. The van der Waals surface area contributed by atoms with Crippen LogP contribution in [0.4, 0.5) is 17.1 Å². The highest BCUT2D eigenvalue weighted by Gasteiger charge is 2.40. The maximum absolute atomic E-state index is 14.1. The van der Waals surface area contributed by atoms with Gasteiger partial charge in [-0.05, 0) is 93.0 Å². The van der Waals surface area contributed by atoms with Crippen LogP contribution in [0.2, 0.25) is 5.02 Å². The number of benzene rings is 4. The maximum atomic E-state index is 14.1. The number of carbonyl (C=O) groups excluding carboxylic acids is 4. The number of rotatable bonds is 18. The zero-order valence-corrected chi connectivity index (χ0v) is 33.5. The van der Waals surface area contributed by atoms with Gasteiger partial charge in [-0.2, -0.15) is 10.1 Å². The maximum Gasteiger partial charge on any atom is 0.308 e. The molecule has 0 aromatic heterocycles. The summed E-state index contributed by atoms with van der Waals surface area (Å²) in [6.07, 6.45) is 2.60. The summed E-state index contributed by atoms with van der Waals surface area (Å²) in [6, 6.07) is 29.5. The number of halogens is 1. The van der Waals surface area contributed by atoms with Gasteiger partial charge in [-0.1, -0.05) is 99.5 Å². The van der Waals surface area contributed by atoms with Crippen molar-refractivity contribution >= 4 is 58.1 Å². The minimum atomic E-state index is -1.13. The fourth-order valence-corrected chi connectivity index (χ4v) is 6.47. The molecule has 2 N–H and O–H groups in total. The lowest BCUT2D eigenvalue weighted by Gasteiger charge is -2.19. The lowest BCUT2D eigenvalue weighted by Crippen LogP contribution is -2.37. The van der Waals surface area contributed by atoms with E-state index in [-0.39, 0.29) is 42.6 Å². The smallest absolute Gasteiger partial charge is 0.308 e. The first-order valence-corrected chi connectivity index (χ1v) is 19.7. The van der Waals surface area contributed by atoms with E-state index in [1.165, 1.54) is 10.6 Å². The molecule has 1 heterocycles. The summed E-state index contributed by atoms with van der Waals surface area (Å²) < 4.78 is 11.9. The third-order valence-electron chi connectivity index (χ3n) is 9.76. The minimum Gasteiger partial charge on any atom is -0.474 e. The Hall–Kier alpha value is -5.48. The summed E-state index contributed by atoms with van der Waals surface area (Å²) >= 11 is 6.30. The third kappa shape index (κ3) is 11.3. The fraction of sp³-hybridized carbons (Fsp3) is 0.356. The molecule has 0 spiro atoms. The molecular formula is C45H51ClN4O6. The highest BCUT2D eigenvalue weighted by Crippen LogP contribution is 2.35. The quantitative estimate of drug-likeness (QED) is 0.0765. The monoisotopic (exact) mass is 778 g/mol. The van der Waals surface area contributed by atoms with Gasteiger partial charge in [-0.3, -0.25) is 19.2 Å². The number of aryl methyl sites for hydroxylation is 1. The molecule has 0 saturated heterocycles. The lowest BCUT2D eigenvalue weighted by molar-refractivity contribution is -0.149. The molecule has 0 fully saturated rings. The van der Waals surface area contributed by atoms with Crippen LogP contribution in [0.3, 0.4) is 0 Å². The Balaban J connectivity index is 1.21. The highest BCUT2D eigenvalue weighted by atomic mass is 35.5. The Morgan fingerprint density at radius 1 is 0.875 bits per heavy atom. The molecular weight excluding hydrogens is 728 g/mol. The molecule has 0 aliphatic carbocycles. The Morgan fingerprint density at radius 3 is 2.34 bits per heavy atom. The number of hydrogen-bond donors (Lipinski definition) is 2. The van der Waals surface area contributed by atoms with Gasteiger partial charge >= 0.3 is 5.97 Å². The van der Waals surface area contributed by atoms with Crippen molar-refractivity contribution in [3.05, 3.63) is 119 Å². The molecule has 3 amide bonds. The van der Waals surface area contributed by atoms with Crippen LogP contribution in [0, 0.1) is 18.8 Å². The van der Waals surface area contributed by atoms with Crippen LogP contribution >= 0.6 is 11.6 Å². The Kier molecular flexibility index (Phi) is 14.8. The van der Waals surface area contributed by atoms with Crippen molar-refractivity contribution < 1.29 is 28.7 Å². The van der Waals surface area contributed by atoms with Crippen LogP contribution in [0.25, 0.3) is 0 Å². The summed E-state index contributed by atoms with van der Waals surface area (Å²) in [5.74, 6) is -0.710. The topological polar surface area (TPSA) is 126 Å². The number of unbranched alkanes of at least 4 members (excludes halogenated alkanes) is 1.